The number of rotatable bonds is 4. The van der Waals surface area contributed by atoms with Crippen LogP contribution in [0.1, 0.15) is 25.3 Å². The number of aromatic nitrogens is 2. The highest BCUT2D eigenvalue weighted by molar-refractivity contribution is 5.66. The van der Waals surface area contributed by atoms with Gasteiger partial charge in [-0.1, -0.05) is 42.5 Å². The number of imidazole rings is 1. The fourth-order valence-corrected chi connectivity index (χ4v) is 4.81. The summed E-state index contributed by atoms with van der Waals surface area (Å²) in [5, 5.41) is 0. The highest BCUT2D eigenvalue weighted by Gasteiger charge is 2.31. The second-order valence-electron chi connectivity index (χ2n) is 8.08. The number of hydrogen-bond acceptors (Lipinski definition) is 3. The maximum Gasteiger partial charge on any atom is 0.0948 e. The fourth-order valence-electron chi connectivity index (χ4n) is 4.81. The Hall–Kier alpha value is -2.59. The molecule has 0 radical (unpaired) electrons. The highest BCUT2D eigenvalue weighted by atomic mass is 15.2. The van der Waals surface area contributed by atoms with Gasteiger partial charge in [-0.2, -0.15) is 0 Å². The monoisotopic (exact) mass is 372 g/mol. The average Bonchev–Trinajstić information content (AvgIpc) is 3.47. The molecule has 2 saturated heterocycles. The van der Waals surface area contributed by atoms with E-state index in [4.69, 9.17) is 0 Å². The van der Waals surface area contributed by atoms with Crippen molar-refractivity contribution in [3.05, 3.63) is 73.3 Å². The van der Waals surface area contributed by atoms with Crippen molar-refractivity contribution in [1.82, 2.24) is 14.5 Å². The first-order valence-electron chi connectivity index (χ1n) is 10.5. The van der Waals surface area contributed by atoms with Crippen molar-refractivity contribution < 1.29 is 0 Å². The molecule has 2 fully saturated rings. The Bertz CT molecular complexity index is 865. The molecular weight excluding hydrogens is 344 g/mol. The summed E-state index contributed by atoms with van der Waals surface area (Å²) in [4.78, 5) is 9.47. The molecule has 0 amide bonds. The van der Waals surface area contributed by atoms with E-state index in [2.05, 4.69) is 80.1 Å². The van der Waals surface area contributed by atoms with E-state index in [1.54, 1.807) is 0 Å². The third-order valence-electron chi connectivity index (χ3n) is 6.46. The van der Waals surface area contributed by atoms with Crippen LogP contribution < -0.4 is 4.90 Å². The molecule has 4 heteroatoms. The van der Waals surface area contributed by atoms with Gasteiger partial charge < -0.3 is 9.47 Å². The van der Waals surface area contributed by atoms with Crippen LogP contribution >= 0.6 is 0 Å². The minimum absolute atomic E-state index is 0.603. The molecule has 0 unspecified atom stereocenters. The lowest BCUT2D eigenvalue weighted by atomic mass is 10.0. The number of nitrogens with zero attached hydrogens (tertiary/aromatic N) is 4. The standard InChI is InChI=1S/C24H28N4/c1-2-4-20(5-3-1)21-6-8-22(9-7-21)26-14-10-23(11-15-26)27-16-12-24(18-27)28-17-13-25-19-28/h1-9,13,17,19,23-24H,10-12,14-16,18H2/t24-/m0/s1. The zero-order valence-corrected chi connectivity index (χ0v) is 16.3. The summed E-state index contributed by atoms with van der Waals surface area (Å²) in [7, 11) is 0. The Labute approximate surface area is 167 Å². The van der Waals surface area contributed by atoms with Gasteiger partial charge in [0.1, 0.15) is 0 Å². The third-order valence-corrected chi connectivity index (χ3v) is 6.46. The Morgan fingerprint density at radius 2 is 1.46 bits per heavy atom. The van der Waals surface area contributed by atoms with Crippen LogP contribution in [0.5, 0.6) is 0 Å². The van der Waals surface area contributed by atoms with Crippen LogP contribution in [0, 0.1) is 0 Å². The van der Waals surface area contributed by atoms with Crippen LogP contribution in [-0.2, 0) is 0 Å². The summed E-state index contributed by atoms with van der Waals surface area (Å²) < 4.78 is 2.28. The van der Waals surface area contributed by atoms with Crippen molar-refractivity contribution in [3.63, 3.8) is 0 Å². The van der Waals surface area contributed by atoms with Crippen LogP contribution in [-0.4, -0.2) is 46.7 Å². The summed E-state index contributed by atoms with van der Waals surface area (Å²) in [5.74, 6) is 0. The summed E-state index contributed by atoms with van der Waals surface area (Å²) in [6, 6.07) is 21.0. The molecule has 5 rings (SSSR count). The van der Waals surface area contributed by atoms with E-state index >= 15 is 0 Å². The smallest absolute Gasteiger partial charge is 0.0948 e. The Morgan fingerprint density at radius 1 is 0.750 bits per heavy atom. The minimum atomic E-state index is 0.603. The summed E-state index contributed by atoms with van der Waals surface area (Å²) >= 11 is 0. The Morgan fingerprint density at radius 3 is 2.18 bits per heavy atom. The molecule has 144 valence electrons. The van der Waals surface area contributed by atoms with Gasteiger partial charge in [-0.25, -0.2) is 4.98 Å². The van der Waals surface area contributed by atoms with Gasteiger partial charge in [0, 0.05) is 56.3 Å². The van der Waals surface area contributed by atoms with Gasteiger partial charge in [-0.15, -0.1) is 0 Å². The normalized spacial score (nSPS) is 21.3. The van der Waals surface area contributed by atoms with Crippen LogP contribution in [0.15, 0.2) is 73.3 Å². The molecule has 28 heavy (non-hydrogen) atoms. The van der Waals surface area contributed by atoms with Crippen molar-refractivity contribution in [2.45, 2.75) is 31.3 Å². The van der Waals surface area contributed by atoms with Gasteiger partial charge in [-0.05, 0) is 42.5 Å². The third kappa shape index (κ3) is 3.57. The van der Waals surface area contributed by atoms with Gasteiger partial charge in [0.05, 0.1) is 6.33 Å². The predicted molar refractivity (Wildman–Crippen MR) is 115 cm³/mol. The van der Waals surface area contributed by atoms with Crippen LogP contribution in [0.25, 0.3) is 11.1 Å². The maximum absolute atomic E-state index is 4.21. The number of hydrogen-bond donors (Lipinski definition) is 0. The van der Waals surface area contributed by atoms with E-state index in [9.17, 15) is 0 Å². The highest BCUT2D eigenvalue weighted by Crippen LogP contribution is 2.29. The predicted octanol–water partition coefficient (Wildman–Crippen LogP) is 4.47. The molecule has 4 nitrogen and oxygen atoms in total. The minimum Gasteiger partial charge on any atom is -0.371 e. The largest absolute Gasteiger partial charge is 0.371 e. The lowest BCUT2D eigenvalue weighted by Gasteiger charge is -2.38. The molecule has 3 aromatic rings. The first kappa shape index (κ1) is 17.5. The van der Waals surface area contributed by atoms with Gasteiger partial charge >= 0.3 is 0 Å². The molecule has 2 aliphatic heterocycles. The van der Waals surface area contributed by atoms with E-state index in [0.29, 0.717) is 6.04 Å². The second-order valence-corrected chi connectivity index (χ2v) is 8.08. The zero-order chi connectivity index (χ0) is 18.8. The van der Waals surface area contributed by atoms with Gasteiger partial charge in [-0.3, -0.25) is 4.90 Å². The number of piperidine rings is 1. The first-order chi connectivity index (χ1) is 13.9. The molecular formula is C24H28N4. The quantitative estimate of drug-likeness (QED) is 0.675. The maximum atomic E-state index is 4.21. The molecule has 0 saturated carbocycles. The number of benzene rings is 2. The summed E-state index contributed by atoms with van der Waals surface area (Å²) in [5.41, 5.74) is 3.94. The van der Waals surface area contributed by atoms with Crippen LogP contribution in [0.4, 0.5) is 5.69 Å². The van der Waals surface area contributed by atoms with E-state index in [1.165, 1.54) is 49.2 Å². The van der Waals surface area contributed by atoms with E-state index in [-0.39, 0.29) is 0 Å². The second kappa shape index (κ2) is 7.80. The van der Waals surface area contributed by atoms with Crippen molar-refractivity contribution >= 4 is 5.69 Å². The molecule has 1 aromatic heterocycles. The molecule has 1 atom stereocenters. The van der Waals surface area contributed by atoms with Crippen molar-refractivity contribution in [1.29, 1.82) is 0 Å². The van der Waals surface area contributed by atoms with Gasteiger partial charge in [0.25, 0.3) is 0 Å². The van der Waals surface area contributed by atoms with E-state index in [0.717, 1.165) is 19.1 Å². The van der Waals surface area contributed by atoms with Crippen LogP contribution in [0.2, 0.25) is 0 Å². The lowest BCUT2D eigenvalue weighted by Crippen LogP contribution is -2.44. The zero-order valence-electron chi connectivity index (χ0n) is 16.3. The summed E-state index contributed by atoms with van der Waals surface area (Å²) in [6.07, 6.45) is 9.74. The molecule has 0 aliphatic carbocycles. The topological polar surface area (TPSA) is 24.3 Å². The molecule has 3 heterocycles. The SMILES string of the molecule is c1ccc(-c2ccc(N3CCC(N4CC[C@H](n5ccnc5)C4)CC3)cc2)cc1. The van der Waals surface area contributed by atoms with Gasteiger partial charge in [0.2, 0.25) is 0 Å². The number of anilines is 1. The Balaban J connectivity index is 1.17. The molecule has 0 N–H and O–H groups in total. The first-order valence-corrected chi connectivity index (χ1v) is 10.5. The Kier molecular flexibility index (Phi) is 4.88. The molecule has 0 bridgehead atoms. The molecule has 2 aliphatic rings. The lowest BCUT2D eigenvalue weighted by molar-refractivity contribution is 0.201. The summed E-state index contributed by atoms with van der Waals surface area (Å²) in [6.45, 7) is 4.70. The fraction of sp³-hybridized carbons (Fsp3) is 0.375. The molecule has 0 spiro atoms. The van der Waals surface area contributed by atoms with Crippen LogP contribution in [0.3, 0.4) is 0 Å². The van der Waals surface area contributed by atoms with Crippen molar-refractivity contribution in [2.24, 2.45) is 0 Å². The molecule has 2 aromatic carbocycles. The van der Waals surface area contributed by atoms with E-state index < -0.39 is 0 Å². The van der Waals surface area contributed by atoms with Gasteiger partial charge in [0.15, 0.2) is 0 Å². The number of likely N-dealkylation sites (tertiary alicyclic amines) is 1. The average molecular weight is 373 g/mol. The van der Waals surface area contributed by atoms with Crippen molar-refractivity contribution in [2.75, 3.05) is 31.1 Å². The van der Waals surface area contributed by atoms with E-state index in [1.807, 2.05) is 12.5 Å². The van der Waals surface area contributed by atoms with Crippen molar-refractivity contribution in [3.8, 4) is 11.1 Å².